The van der Waals surface area contributed by atoms with Crippen molar-refractivity contribution in [2.24, 2.45) is 0 Å². The van der Waals surface area contributed by atoms with Crippen molar-refractivity contribution in [3.63, 3.8) is 0 Å². The van der Waals surface area contributed by atoms with Crippen molar-refractivity contribution in [3.8, 4) is 0 Å². The van der Waals surface area contributed by atoms with Crippen LogP contribution in [-0.2, 0) is 16.1 Å². The molecular weight excluding hydrogens is 422 g/mol. The normalized spacial score (nSPS) is 11.2. The molecule has 0 spiro atoms. The Hall–Kier alpha value is -1.81. The van der Waals surface area contributed by atoms with Crippen LogP contribution in [0.4, 0.5) is 0 Å². The number of carbonyl (C=O) groups is 2. The Morgan fingerprint density at radius 2 is 1.38 bits per heavy atom. The summed E-state index contributed by atoms with van der Waals surface area (Å²) in [5.41, 5.74) is 0.883. The summed E-state index contributed by atoms with van der Waals surface area (Å²) >= 11 is 5.89. The maximum absolute atomic E-state index is 12.5. The van der Waals surface area contributed by atoms with Crippen LogP contribution in [0, 0.1) is 0 Å². The van der Waals surface area contributed by atoms with Gasteiger partial charge in [0.05, 0.1) is 0 Å². The summed E-state index contributed by atoms with van der Waals surface area (Å²) in [6.07, 6.45) is 20.8. The second-order valence-electron chi connectivity index (χ2n) is 8.60. The average molecular weight is 464 g/mol. The predicted molar refractivity (Wildman–Crippen MR) is 134 cm³/mol. The molecule has 1 aromatic carbocycles. The molecule has 1 amide bonds. The van der Waals surface area contributed by atoms with E-state index in [0.29, 0.717) is 18.0 Å². The zero-order valence-corrected chi connectivity index (χ0v) is 20.6. The monoisotopic (exact) mass is 463 g/mol. The van der Waals surface area contributed by atoms with Gasteiger partial charge in [0.2, 0.25) is 5.91 Å². The van der Waals surface area contributed by atoms with Gasteiger partial charge in [-0.25, -0.2) is 0 Å². The van der Waals surface area contributed by atoms with Gasteiger partial charge in [-0.2, -0.15) is 0 Å². The van der Waals surface area contributed by atoms with Crippen molar-refractivity contribution < 1.29 is 14.7 Å². The van der Waals surface area contributed by atoms with Gasteiger partial charge >= 0.3 is 5.97 Å². The molecule has 0 aliphatic heterocycles. The van der Waals surface area contributed by atoms with Gasteiger partial charge in [0.25, 0.3) is 0 Å². The van der Waals surface area contributed by atoms with Gasteiger partial charge in [-0.05, 0) is 49.8 Å². The molecule has 1 aromatic rings. The molecule has 0 aliphatic rings. The van der Waals surface area contributed by atoms with Crippen molar-refractivity contribution in [2.75, 3.05) is 6.54 Å². The van der Waals surface area contributed by atoms with Gasteiger partial charge in [-0.1, -0.05) is 94.2 Å². The van der Waals surface area contributed by atoms with E-state index in [0.717, 1.165) is 31.2 Å². The van der Waals surface area contributed by atoms with Crippen LogP contribution >= 0.6 is 11.6 Å². The summed E-state index contributed by atoms with van der Waals surface area (Å²) in [5, 5.41) is 9.76. The first-order valence-electron chi connectivity index (χ1n) is 12.4. The summed E-state index contributed by atoms with van der Waals surface area (Å²) in [5.74, 6) is -1.09. The van der Waals surface area contributed by atoms with E-state index in [-0.39, 0.29) is 12.5 Å². The van der Waals surface area contributed by atoms with Crippen LogP contribution < -0.4 is 0 Å². The third-order valence-corrected chi connectivity index (χ3v) is 5.87. The molecule has 0 atom stereocenters. The number of aliphatic carboxylic acids is 1. The van der Waals surface area contributed by atoms with Gasteiger partial charge in [0.1, 0.15) is 6.54 Å². The summed E-state index contributed by atoms with van der Waals surface area (Å²) in [6, 6.07) is 7.16. The van der Waals surface area contributed by atoms with Crippen LogP contribution in [0.3, 0.4) is 0 Å². The molecule has 0 aliphatic carbocycles. The predicted octanol–water partition coefficient (Wildman–Crippen LogP) is 7.79. The molecule has 0 saturated heterocycles. The molecular formula is C27H42ClNO3. The molecule has 1 N–H and O–H groups in total. The number of benzene rings is 1. The Labute approximate surface area is 200 Å². The number of hydrogen-bond donors (Lipinski definition) is 1. The van der Waals surface area contributed by atoms with Gasteiger partial charge in [0.15, 0.2) is 0 Å². The summed E-state index contributed by atoms with van der Waals surface area (Å²) in [6.45, 7) is 2.28. The highest BCUT2D eigenvalue weighted by atomic mass is 35.5. The van der Waals surface area contributed by atoms with Crippen molar-refractivity contribution in [1.82, 2.24) is 4.90 Å². The summed E-state index contributed by atoms with van der Waals surface area (Å²) < 4.78 is 0. The Bertz CT molecular complexity index is 657. The first-order chi connectivity index (χ1) is 15.5. The van der Waals surface area contributed by atoms with Crippen molar-refractivity contribution in [1.29, 1.82) is 0 Å². The van der Waals surface area contributed by atoms with Crippen LogP contribution in [-0.4, -0.2) is 28.4 Å². The quantitative estimate of drug-likeness (QED) is 0.168. The maximum Gasteiger partial charge on any atom is 0.323 e. The molecule has 0 heterocycles. The van der Waals surface area contributed by atoms with Crippen LogP contribution in [0.1, 0.15) is 102 Å². The maximum atomic E-state index is 12.5. The lowest BCUT2D eigenvalue weighted by atomic mass is 10.1. The number of unbranched alkanes of at least 4 members (excludes halogenated alkanes) is 11. The fraction of sp³-hybridized carbons (Fsp3) is 0.630. The lowest BCUT2D eigenvalue weighted by Gasteiger charge is -2.21. The molecule has 0 saturated carbocycles. The first kappa shape index (κ1) is 28.2. The first-order valence-corrected chi connectivity index (χ1v) is 12.8. The minimum absolute atomic E-state index is 0.0972. The molecule has 32 heavy (non-hydrogen) atoms. The van der Waals surface area contributed by atoms with E-state index in [1.165, 1.54) is 62.7 Å². The number of amides is 1. The number of allylic oxidation sites excluding steroid dienone is 2. The number of hydrogen-bond acceptors (Lipinski definition) is 2. The number of rotatable bonds is 19. The fourth-order valence-electron chi connectivity index (χ4n) is 3.71. The molecule has 0 fully saturated rings. The molecule has 5 heteroatoms. The summed E-state index contributed by atoms with van der Waals surface area (Å²) in [7, 11) is 0. The van der Waals surface area contributed by atoms with Gasteiger partial charge in [-0.15, -0.1) is 0 Å². The number of nitrogens with zero attached hydrogens (tertiary/aromatic N) is 1. The molecule has 0 radical (unpaired) electrons. The van der Waals surface area contributed by atoms with E-state index in [4.69, 9.17) is 16.7 Å². The van der Waals surface area contributed by atoms with Crippen molar-refractivity contribution in [2.45, 2.75) is 103 Å². The Balaban J connectivity index is 2.10. The smallest absolute Gasteiger partial charge is 0.323 e. The van der Waals surface area contributed by atoms with Crippen molar-refractivity contribution in [3.05, 3.63) is 47.0 Å². The standard InChI is InChI=1S/C27H42ClNO3/c1-2-3-4-5-6-7-8-9-10-11-12-13-14-15-16-17-26(30)29(23-27(31)32)22-24-18-20-25(28)21-19-24/h9-10,18-21H,2-8,11-17,22-23H2,1H3,(H,31,32)/b10-9-. The summed E-state index contributed by atoms with van der Waals surface area (Å²) in [4.78, 5) is 25.1. The highest BCUT2D eigenvalue weighted by molar-refractivity contribution is 6.30. The van der Waals surface area contributed by atoms with Crippen LogP contribution in [0.15, 0.2) is 36.4 Å². The zero-order chi connectivity index (χ0) is 23.4. The van der Waals surface area contributed by atoms with Gasteiger partial charge in [-0.3, -0.25) is 9.59 Å². The van der Waals surface area contributed by atoms with E-state index in [1.54, 1.807) is 12.1 Å². The second kappa shape index (κ2) is 18.7. The van der Waals surface area contributed by atoms with Gasteiger partial charge in [0, 0.05) is 18.0 Å². The molecule has 1 rings (SSSR count). The molecule has 4 nitrogen and oxygen atoms in total. The lowest BCUT2D eigenvalue weighted by molar-refractivity contribution is -0.145. The second-order valence-corrected chi connectivity index (χ2v) is 9.04. The van der Waals surface area contributed by atoms with Crippen molar-refractivity contribution >= 4 is 23.5 Å². The number of carboxylic acids is 1. The molecule has 0 bridgehead atoms. The van der Waals surface area contributed by atoms with Crippen LogP contribution in [0.25, 0.3) is 0 Å². The molecule has 180 valence electrons. The van der Waals surface area contributed by atoms with Crippen LogP contribution in [0.2, 0.25) is 5.02 Å². The lowest BCUT2D eigenvalue weighted by Crippen LogP contribution is -2.35. The third-order valence-electron chi connectivity index (χ3n) is 5.62. The third kappa shape index (κ3) is 15.1. The minimum Gasteiger partial charge on any atom is -0.480 e. The van der Waals surface area contributed by atoms with E-state index in [1.807, 2.05) is 12.1 Å². The Morgan fingerprint density at radius 3 is 1.94 bits per heavy atom. The minimum atomic E-state index is -0.989. The highest BCUT2D eigenvalue weighted by Gasteiger charge is 2.16. The Morgan fingerprint density at radius 1 is 0.844 bits per heavy atom. The van der Waals surface area contributed by atoms with E-state index >= 15 is 0 Å². The van der Waals surface area contributed by atoms with E-state index < -0.39 is 5.97 Å². The molecule has 0 unspecified atom stereocenters. The highest BCUT2D eigenvalue weighted by Crippen LogP contribution is 2.14. The van der Waals surface area contributed by atoms with E-state index in [2.05, 4.69) is 19.1 Å². The topological polar surface area (TPSA) is 57.6 Å². The van der Waals surface area contributed by atoms with Crippen LogP contribution in [0.5, 0.6) is 0 Å². The van der Waals surface area contributed by atoms with Gasteiger partial charge < -0.3 is 10.0 Å². The number of carbonyl (C=O) groups excluding carboxylic acids is 1. The Kier molecular flexibility index (Phi) is 16.5. The van der Waals surface area contributed by atoms with E-state index in [9.17, 15) is 9.59 Å². The SMILES string of the molecule is CCCCCCCC/C=C\CCCCCCCC(=O)N(CC(=O)O)Cc1ccc(Cl)cc1. The fourth-order valence-corrected chi connectivity index (χ4v) is 3.84. The number of carboxylic acid groups (broad SMARTS) is 1. The number of halogens is 1. The zero-order valence-electron chi connectivity index (χ0n) is 19.9. The molecule has 0 aromatic heterocycles. The largest absolute Gasteiger partial charge is 0.480 e. The average Bonchev–Trinajstić information content (AvgIpc) is 2.77.